The van der Waals surface area contributed by atoms with Crippen molar-refractivity contribution in [3.05, 3.63) is 17.8 Å². The molecule has 1 unspecified atom stereocenters. The third-order valence-electron chi connectivity index (χ3n) is 3.90. The van der Waals surface area contributed by atoms with E-state index in [1.54, 1.807) is 19.9 Å². The lowest BCUT2D eigenvalue weighted by Gasteiger charge is -2.37. The van der Waals surface area contributed by atoms with Gasteiger partial charge in [0.25, 0.3) is 0 Å². The Morgan fingerprint density at radius 2 is 2.00 bits per heavy atom. The average molecular weight is 336 g/mol. The van der Waals surface area contributed by atoms with E-state index in [0.29, 0.717) is 47.8 Å². The van der Waals surface area contributed by atoms with Gasteiger partial charge in [0.05, 0.1) is 18.2 Å². The first-order valence-corrected chi connectivity index (χ1v) is 8.26. The quantitative estimate of drug-likeness (QED) is 0.850. The standard InChI is InChI=1S/C15H19FN4O2.C2H6/c1-9-7-10-11(13(17-9)22-3)12(19-14(16)18-10)20-6-4-5-15(2,21)8-20;1-2/h7,21H,4-6,8H2,1-3H3;1-2H3. The van der Waals surface area contributed by atoms with Crippen LogP contribution in [0.25, 0.3) is 10.9 Å². The molecule has 1 saturated heterocycles. The fourth-order valence-electron chi connectivity index (χ4n) is 2.97. The number of anilines is 1. The van der Waals surface area contributed by atoms with Gasteiger partial charge in [-0.2, -0.15) is 9.37 Å². The molecule has 1 atom stereocenters. The maximum atomic E-state index is 13.8. The smallest absolute Gasteiger partial charge is 0.311 e. The molecule has 0 spiro atoms. The molecule has 2 aromatic heterocycles. The summed E-state index contributed by atoms with van der Waals surface area (Å²) in [6, 6.07) is 1.70. The molecule has 1 N–H and O–H groups in total. The van der Waals surface area contributed by atoms with Crippen molar-refractivity contribution in [3.8, 4) is 5.88 Å². The summed E-state index contributed by atoms with van der Waals surface area (Å²) in [5.74, 6) is 0.794. The first-order chi connectivity index (χ1) is 11.4. The van der Waals surface area contributed by atoms with Gasteiger partial charge in [0.15, 0.2) is 0 Å². The fourth-order valence-corrected chi connectivity index (χ4v) is 2.97. The maximum Gasteiger partial charge on any atom is 0.311 e. The van der Waals surface area contributed by atoms with Crippen LogP contribution in [0.3, 0.4) is 0 Å². The van der Waals surface area contributed by atoms with E-state index in [-0.39, 0.29) is 0 Å². The minimum absolute atomic E-state index is 0.371. The number of aliphatic hydroxyl groups is 1. The number of aryl methyl sites for hydroxylation is 1. The molecule has 7 heteroatoms. The molecule has 6 nitrogen and oxygen atoms in total. The van der Waals surface area contributed by atoms with Gasteiger partial charge in [0.2, 0.25) is 5.88 Å². The number of rotatable bonds is 2. The Morgan fingerprint density at radius 3 is 2.62 bits per heavy atom. The molecule has 1 aliphatic heterocycles. The zero-order valence-electron chi connectivity index (χ0n) is 14.9. The molecule has 0 aliphatic carbocycles. The number of ether oxygens (including phenoxy) is 1. The highest BCUT2D eigenvalue weighted by Crippen LogP contribution is 2.34. The van der Waals surface area contributed by atoms with E-state index in [4.69, 9.17) is 4.74 Å². The normalized spacial score (nSPS) is 20.5. The Hall–Kier alpha value is -2.02. The number of β-amino-alcohol motifs (C(OH)–C–C–N with tert-alkyl or cyclic N) is 1. The fraction of sp³-hybridized carbons (Fsp3) is 0.588. The lowest BCUT2D eigenvalue weighted by atomic mass is 9.95. The van der Waals surface area contributed by atoms with Gasteiger partial charge in [-0.3, -0.25) is 0 Å². The van der Waals surface area contributed by atoms with Gasteiger partial charge in [-0.25, -0.2) is 9.97 Å². The molecule has 1 aliphatic rings. The van der Waals surface area contributed by atoms with Crippen molar-refractivity contribution >= 4 is 16.7 Å². The topological polar surface area (TPSA) is 71.4 Å². The van der Waals surface area contributed by atoms with E-state index in [0.717, 1.165) is 6.42 Å². The number of pyridine rings is 1. The minimum atomic E-state index is -0.822. The molecule has 24 heavy (non-hydrogen) atoms. The number of methoxy groups -OCH3 is 1. The molecule has 132 valence electrons. The highest BCUT2D eigenvalue weighted by atomic mass is 19.1. The van der Waals surface area contributed by atoms with E-state index < -0.39 is 11.7 Å². The summed E-state index contributed by atoms with van der Waals surface area (Å²) < 4.78 is 19.2. The summed E-state index contributed by atoms with van der Waals surface area (Å²) in [4.78, 5) is 14.0. The number of piperidine rings is 1. The summed E-state index contributed by atoms with van der Waals surface area (Å²) in [7, 11) is 1.51. The molecule has 2 aromatic rings. The predicted molar refractivity (Wildman–Crippen MR) is 92.0 cm³/mol. The van der Waals surface area contributed by atoms with Crippen molar-refractivity contribution in [1.82, 2.24) is 15.0 Å². The Kier molecular flexibility index (Phi) is 5.54. The van der Waals surface area contributed by atoms with Crippen LogP contribution in [0.4, 0.5) is 10.2 Å². The lowest BCUT2D eigenvalue weighted by Crippen LogP contribution is -2.46. The molecular formula is C17H25FN4O2. The Labute approximate surface area is 141 Å². The second-order valence-electron chi connectivity index (χ2n) is 6.01. The molecule has 0 saturated carbocycles. The van der Waals surface area contributed by atoms with Gasteiger partial charge in [-0.15, -0.1) is 0 Å². The molecule has 3 heterocycles. The van der Waals surface area contributed by atoms with Crippen molar-refractivity contribution in [2.24, 2.45) is 0 Å². The number of nitrogens with zero attached hydrogens (tertiary/aromatic N) is 4. The lowest BCUT2D eigenvalue weighted by molar-refractivity contribution is 0.0447. The Bertz CT molecular complexity index is 716. The monoisotopic (exact) mass is 336 g/mol. The van der Waals surface area contributed by atoms with E-state index in [1.165, 1.54) is 7.11 Å². The highest BCUT2D eigenvalue weighted by molar-refractivity contribution is 5.94. The van der Waals surface area contributed by atoms with Crippen LogP contribution in [0, 0.1) is 13.0 Å². The van der Waals surface area contributed by atoms with Gasteiger partial charge in [0.1, 0.15) is 11.2 Å². The van der Waals surface area contributed by atoms with Crippen LogP contribution < -0.4 is 9.64 Å². The number of hydrogen-bond donors (Lipinski definition) is 1. The van der Waals surface area contributed by atoms with E-state index in [2.05, 4.69) is 15.0 Å². The summed E-state index contributed by atoms with van der Waals surface area (Å²) in [6.07, 6.45) is 0.728. The van der Waals surface area contributed by atoms with Crippen LogP contribution in [-0.2, 0) is 0 Å². The first-order valence-electron chi connectivity index (χ1n) is 8.26. The van der Waals surface area contributed by atoms with Gasteiger partial charge < -0.3 is 14.7 Å². The molecule has 0 bridgehead atoms. The van der Waals surface area contributed by atoms with Crippen molar-refractivity contribution in [3.63, 3.8) is 0 Å². The molecule has 3 rings (SSSR count). The maximum absolute atomic E-state index is 13.8. The molecule has 1 fully saturated rings. The van der Waals surface area contributed by atoms with Gasteiger partial charge >= 0.3 is 6.08 Å². The van der Waals surface area contributed by atoms with Crippen LogP contribution in [0.5, 0.6) is 5.88 Å². The third-order valence-corrected chi connectivity index (χ3v) is 3.90. The Morgan fingerprint density at radius 1 is 1.29 bits per heavy atom. The van der Waals surface area contributed by atoms with Crippen molar-refractivity contribution < 1.29 is 14.2 Å². The van der Waals surface area contributed by atoms with Crippen LogP contribution in [0.1, 0.15) is 39.3 Å². The van der Waals surface area contributed by atoms with Crippen LogP contribution >= 0.6 is 0 Å². The zero-order valence-corrected chi connectivity index (χ0v) is 14.9. The number of halogens is 1. The van der Waals surface area contributed by atoms with Gasteiger partial charge in [0, 0.05) is 18.8 Å². The largest absolute Gasteiger partial charge is 0.480 e. The van der Waals surface area contributed by atoms with Crippen molar-refractivity contribution in [1.29, 1.82) is 0 Å². The van der Waals surface area contributed by atoms with Crippen molar-refractivity contribution in [2.75, 3.05) is 25.1 Å². The van der Waals surface area contributed by atoms with E-state index in [9.17, 15) is 9.50 Å². The number of hydrogen-bond acceptors (Lipinski definition) is 6. The summed E-state index contributed by atoms with van der Waals surface area (Å²) in [5, 5.41) is 10.9. The molecule has 0 radical (unpaired) electrons. The van der Waals surface area contributed by atoms with Crippen LogP contribution in [0.15, 0.2) is 6.07 Å². The highest BCUT2D eigenvalue weighted by Gasteiger charge is 2.31. The third kappa shape index (κ3) is 3.72. The van der Waals surface area contributed by atoms with E-state index >= 15 is 0 Å². The second-order valence-corrected chi connectivity index (χ2v) is 6.01. The summed E-state index contributed by atoms with van der Waals surface area (Å²) in [6.45, 7) is 8.65. The minimum Gasteiger partial charge on any atom is -0.480 e. The molecular weight excluding hydrogens is 311 g/mol. The summed E-state index contributed by atoms with van der Waals surface area (Å²) in [5.41, 5.74) is 0.327. The molecule has 0 amide bonds. The Balaban J connectivity index is 0.00000100. The summed E-state index contributed by atoms with van der Waals surface area (Å²) >= 11 is 0. The average Bonchev–Trinajstić information content (AvgIpc) is 2.53. The SMILES string of the molecule is CC.COc1nc(C)cc2nc(F)nc(N3CCCC(C)(O)C3)c12. The second kappa shape index (κ2) is 7.25. The van der Waals surface area contributed by atoms with Crippen LogP contribution in [0.2, 0.25) is 0 Å². The van der Waals surface area contributed by atoms with Crippen molar-refractivity contribution in [2.45, 2.75) is 46.1 Å². The number of fused-ring (bicyclic) bond motifs is 1. The van der Waals surface area contributed by atoms with Gasteiger partial charge in [-0.1, -0.05) is 13.8 Å². The van der Waals surface area contributed by atoms with Gasteiger partial charge in [-0.05, 0) is 32.8 Å². The predicted octanol–water partition coefficient (Wildman–Crippen LogP) is 2.86. The van der Waals surface area contributed by atoms with E-state index in [1.807, 2.05) is 18.7 Å². The first kappa shape index (κ1) is 18.3. The zero-order chi connectivity index (χ0) is 17.9. The number of aromatic nitrogens is 3. The molecule has 0 aromatic carbocycles. The van der Waals surface area contributed by atoms with Crippen LogP contribution in [-0.4, -0.2) is 45.9 Å².